The normalized spacial score (nSPS) is 21.3. The summed E-state index contributed by atoms with van der Waals surface area (Å²) < 4.78 is 0. The molecule has 1 fully saturated rings. The molecule has 1 aromatic heterocycles. The molecule has 0 unspecified atom stereocenters. The van der Waals surface area contributed by atoms with E-state index in [1.54, 1.807) is 12.4 Å². The van der Waals surface area contributed by atoms with Crippen molar-refractivity contribution in [2.24, 2.45) is 0 Å². The number of carbonyl (C=O) groups is 1. The molecule has 164 valence electrons. The maximum Gasteiger partial charge on any atom is 0.254 e. The number of anilines is 1. The van der Waals surface area contributed by atoms with Crippen molar-refractivity contribution in [2.75, 3.05) is 18.4 Å². The summed E-state index contributed by atoms with van der Waals surface area (Å²) in [6.45, 7) is 3.21. The number of rotatable bonds is 3. The number of hydrogen-bond donors (Lipinski definition) is 1. The molecule has 0 aliphatic carbocycles. The Morgan fingerprint density at radius 1 is 0.906 bits per heavy atom. The van der Waals surface area contributed by atoms with Crippen LogP contribution in [-0.2, 0) is 13.1 Å². The van der Waals surface area contributed by atoms with Crippen molar-refractivity contribution >= 4 is 11.6 Å². The third kappa shape index (κ3) is 4.53. The van der Waals surface area contributed by atoms with Crippen LogP contribution in [0.4, 0.5) is 5.69 Å². The van der Waals surface area contributed by atoms with Gasteiger partial charge in [0.25, 0.3) is 5.91 Å². The molecule has 5 nitrogen and oxygen atoms in total. The van der Waals surface area contributed by atoms with E-state index in [0.29, 0.717) is 24.2 Å². The number of pyridine rings is 1. The molecule has 0 saturated carbocycles. The highest BCUT2D eigenvalue weighted by molar-refractivity contribution is 5.94. The lowest BCUT2D eigenvalue weighted by Crippen LogP contribution is -2.44. The van der Waals surface area contributed by atoms with Crippen molar-refractivity contribution in [3.63, 3.8) is 0 Å². The van der Waals surface area contributed by atoms with Crippen LogP contribution in [0.15, 0.2) is 79.1 Å². The van der Waals surface area contributed by atoms with Crippen molar-refractivity contribution in [3.8, 4) is 0 Å². The Balaban J connectivity index is 1.47. The summed E-state index contributed by atoms with van der Waals surface area (Å²) in [5.74, 6) is 0.0737. The van der Waals surface area contributed by atoms with Gasteiger partial charge in [0, 0.05) is 61.9 Å². The molecule has 2 bridgehead atoms. The van der Waals surface area contributed by atoms with Gasteiger partial charge in [-0.1, -0.05) is 48.5 Å². The van der Waals surface area contributed by atoms with Crippen molar-refractivity contribution in [1.29, 1.82) is 0 Å². The Hall–Kier alpha value is -3.18. The van der Waals surface area contributed by atoms with Gasteiger partial charge in [0.15, 0.2) is 0 Å². The van der Waals surface area contributed by atoms with Gasteiger partial charge in [-0.15, -0.1) is 0 Å². The molecule has 5 heteroatoms. The summed E-state index contributed by atoms with van der Waals surface area (Å²) >= 11 is 0. The van der Waals surface area contributed by atoms with Crippen LogP contribution in [0.25, 0.3) is 0 Å². The average Bonchev–Trinajstić information content (AvgIpc) is 3.19. The third-order valence-electron chi connectivity index (χ3n) is 6.80. The van der Waals surface area contributed by atoms with E-state index in [0.717, 1.165) is 38.2 Å². The minimum absolute atomic E-state index is 0.0737. The smallest absolute Gasteiger partial charge is 0.254 e. The number of benzene rings is 2. The van der Waals surface area contributed by atoms with Crippen LogP contribution in [0.3, 0.4) is 0 Å². The minimum Gasteiger partial charge on any atom is -0.385 e. The van der Waals surface area contributed by atoms with E-state index >= 15 is 0 Å². The molecule has 5 rings (SSSR count). The number of aromatic nitrogens is 1. The van der Waals surface area contributed by atoms with E-state index in [1.165, 1.54) is 17.5 Å². The Bertz CT molecular complexity index is 1040. The average molecular weight is 427 g/mol. The molecular weight excluding hydrogens is 396 g/mol. The number of para-hydroxylation sites is 1. The maximum absolute atomic E-state index is 13.6. The van der Waals surface area contributed by atoms with Gasteiger partial charge in [-0.05, 0) is 48.6 Å². The molecule has 1 amide bonds. The monoisotopic (exact) mass is 426 g/mol. The molecule has 3 aromatic rings. The van der Waals surface area contributed by atoms with E-state index in [-0.39, 0.29) is 5.91 Å². The SMILES string of the molecule is O=C(c1ccncc1)N1Cc2ccccc2NCC[C@@H]2CC[C@H](C1)N2Cc1ccccc1. The summed E-state index contributed by atoms with van der Waals surface area (Å²) in [4.78, 5) is 22.3. The third-order valence-corrected chi connectivity index (χ3v) is 6.80. The Kier molecular flexibility index (Phi) is 6.17. The van der Waals surface area contributed by atoms with E-state index in [2.05, 4.69) is 69.8 Å². The zero-order chi connectivity index (χ0) is 21.8. The van der Waals surface area contributed by atoms with Gasteiger partial charge in [-0.3, -0.25) is 14.7 Å². The van der Waals surface area contributed by atoms with Crippen molar-refractivity contribution in [2.45, 2.75) is 44.4 Å². The lowest BCUT2D eigenvalue weighted by atomic mass is 10.1. The highest BCUT2D eigenvalue weighted by atomic mass is 16.2. The molecule has 1 N–H and O–H groups in total. The molecule has 2 atom stereocenters. The largest absolute Gasteiger partial charge is 0.385 e. The van der Waals surface area contributed by atoms with E-state index in [9.17, 15) is 4.79 Å². The second kappa shape index (κ2) is 9.53. The Morgan fingerprint density at radius 3 is 2.50 bits per heavy atom. The standard InChI is InChI=1S/C27H30N4O/c32-27(22-12-15-28-16-13-22)30-19-23-8-4-5-9-26(23)29-17-14-24-10-11-25(20-30)31(24)18-21-6-2-1-3-7-21/h1-9,12-13,15-16,24-25,29H,10-11,14,17-20H2/t24-,25+/m0/s1. The fourth-order valence-corrected chi connectivity index (χ4v) is 5.13. The first-order valence-electron chi connectivity index (χ1n) is 11.6. The molecule has 1 saturated heterocycles. The highest BCUT2D eigenvalue weighted by Gasteiger charge is 2.35. The number of hydrogen-bond acceptors (Lipinski definition) is 4. The molecule has 0 radical (unpaired) electrons. The van der Waals surface area contributed by atoms with Gasteiger partial charge in [0.2, 0.25) is 0 Å². The molecule has 0 spiro atoms. The summed E-state index contributed by atoms with van der Waals surface area (Å²) in [6.07, 6.45) is 6.80. The van der Waals surface area contributed by atoms with Crippen LogP contribution in [0.2, 0.25) is 0 Å². The lowest BCUT2D eigenvalue weighted by Gasteiger charge is -2.34. The zero-order valence-corrected chi connectivity index (χ0v) is 18.4. The van der Waals surface area contributed by atoms with Crippen LogP contribution in [0.5, 0.6) is 0 Å². The molecule has 2 aromatic carbocycles. The van der Waals surface area contributed by atoms with Crippen molar-refractivity contribution < 1.29 is 4.79 Å². The summed E-state index contributed by atoms with van der Waals surface area (Å²) in [6, 6.07) is 23.6. The van der Waals surface area contributed by atoms with Gasteiger partial charge in [0.05, 0.1) is 0 Å². The summed E-state index contributed by atoms with van der Waals surface area (Å²) in [5.41, 5.74) is 4.33. The zero-order valence-electron chi connectivity index (χ0n) is 18.4. The Labute approximate surface area is 190 Å². The van der Waals surface area contributed by atoms with Gasteiger partial charge >= 0.3 is 0 Å². The molecule has 2 aliphatic rings. The number of carbonyl (C=O) groups excluding carboxylic acids is 1. The number of fused-ring (bicyclic) bond motifs is 3. The summed E-state index contributed by atoms with van der Waals surface area (Å²) in [5, 5.41) is 3.65. The van der Waals surface area contributed by atoms with Gasteiger partial charge in [0.1, 0.15) is 0 Å². The van der Waals surface area contributed by atoms with Crippen LogP contribution in [-0.4, -0.2) is 45.9 Å². The van der Waals surface area contributed by atoms with Crippen LogP contribution >= 0.6 is 0 Å². The maximum atomic E-state index is 13.6. The first kappa shape index (κ1) is 20.7. The van der Waals surface area contributed by atoms with Gasteiger partial charge in [-0.25, -0.2) is 0 Å². The summed E-state index contributed by atoms with van der Waals surface area (Å²) in [7, 11) is 0. The van der Waals surface area contributed by atoms with Crippen molar-refractivity contribution in [3.05, 3.63) is 95.8 Å². The molecule has 3 heterocycles. The van der Waals surface area contributed by atoms with Crippen molar-refractivity contribution in [1.82, 2.24) is 14.8 Å². The first-order valence-corrected chi connectivity index (χ1v) is 11.6. The predicted molar refractivity (Wildman–Crippen MR) is 127 cm³/mol. The Morgan fingerprint density at radius 2 is 1.66 bits per heavy atom. The second-order valence-electron chi connectivity index (χ2n) is 8.84. The highest BCUT2D eigenvalue weighted by Crippen LogP contribution is 2.31. The quantitative estimate of drug-likeness (QED) is 0.666. The van der Waals surface area contributed by atoms with Crippen LogP contribution in [0.1, 0.15) is 40.7 Å². The van der Waals surface area contributed by atoms with E-state index < -0.39 is 0 Å². The fraction of sp³-hybridized carbons (Fsp3) is 0.333. The van der Waals surface area contributed by atoms with E-state index in [4.69, 9.17) is 0 Å². The van der Waals surface area contributed by atoms with Gasteiger partial charge < -0.3 is 10.2 Å². The topological polar surface area (TPSA) is 48.5 Å². The van der Waals surface area contributed by atoms with Gasteiger partial charge in [-0.2, -0.15) is 0 Å². The number of nitrogens with zero attached hydrogens (tertiary/aromatic N) is 3. The number of amides is 1. The second-order valence-corrected chi connectivity index (χ2v) is 8.84. The molecular formula is C27H30N4O. The fourth-order valence-electron chi connectivity index (χ4n) is 5.13. The van der Waals surface area contributed by atoms with Crippen LogP contribution < -0.4 is 5.32 Å². The lowest BCUT2D eigenvalue weighted by molar-refractivity contribution is 0.0663. The van der Waals surface area contributed by atoms with E-state index in [1.807, 2.05) is 17.0 Å². The number of nitrogens with one attached hydrogen (secondary N) is 1. The first-order chi connectivity index (χ1) is 15.8. The molecule has 32 heavy (non-hydrogen) atoms. The van der Waals surface area contributed by atoms with Crippen LogP contribution in [0, 0.1) is 0 Å². The molecule has 2 aliphatic heterocycles. The predicted octanol–water partition coefficient (Wildman–Crippen LogP) is 4.57. The minimum atomic E-state index is 0.0737.